The van der Waals surface area contributed by atoms with Crippen LogP contribution in [0.4, 0.5) is 4.39 Å². The Morgan fingerprint density at radius 3 is 2.30 bits per heavy atom. The maximum atomic E-state index is 12.8. The molecule has 0 spiro atoms. The number of rotatable bonds is 6. The van der Waals surface area contributed by atoms with Gasteiger partial charge < -0.3 is 14.6 Å². The zero-order chi connectivity index (χ0) is 14.4. The summed E-state index contributed by atoms with van der Waals surface area (Å²) in [5.74, 6) is 0.936. The predicted octanol–water partition coefficient (Wildman–Crippen LogP) is 3.30. The lowest BCUT2D eigenvalue weighted by Gasteiger charge is -2.13. The smallest absolute Gasteiger partial charge is 0.161 e. The van der Waals surface area contributed by atoms with Crippen molar-refractivity contribution in [1.29, 1.82) is 0 Å². The molecule has 0 bridgehead atoms. The van der Waals surface area contributed by atoms with Gasteiger partial charge in [0.25, 0.3) is 0 Å². The minimum atomic E-state index is -0.268. The lowest BCUT2D eigenvalue weighted by Crippen LogP contribution is -2.00. The zero-order valence-corrected chi connectivity index (χ0v) is 11.3. The summed E-state index contributed by atoms with van der Waals surface area (Å²) in [5, 5.41) is 9.12. The number of benzene rings is 2. The summed E-state index contributed by atoms with van der Waals surface area (Å²) in [6, 6.07) is 11.5. The molecule has 20 heavy (non-hydrogen) atoms. The molecule has 4 heteroatoms. The molecular weight excluding hydrogens is 259 g/mol. The monoisotopic (exact) mass is 276 g/mol. The van der Waals surface area contributed by atoms with Crippen LogP contribution in [0.15, 0.2) is 42.5 Å². The van der Waals surface area contributed by atoms with E-state index in [1.54, 1.807) is 30.3 Å². The number of halogens is 1. The standard InChI is InChI=1S/C16H17FO3/c1-2-19-16-9-13(10-18)5-8-15(16)20-11-12-3-6-14(17)7-4-12/h3-9,18H,2,10-11H2,1H3. The molecule has 0 saturated heterocycles. The quantitative estimate of drug-likeness (QED) is 0.879. The van der Waals surface area contributed by atoms with Gasteiger partial charge in [-0.15, -0.1) is 0 Å². The second-order valence-electron chi connectivity index (χ2n) is 4.29. The molecule has 0 aliphatic carbocycles. The Balaban J connectivity index is 2.09. The minimum absolute atomic E-state index is 0.0433. The molecular formula is C16H17FO3. The van der Waals surface area contributed by atoms with Crippen molar-refractivity contribution >= 4 is 0 Å². The molecule has 0 radical (unpaired) electrons. The fraction of sp³-hybridized carbons (Fsp3) is 0.250. The zero-order valence-electron chi connectivity index (χ0n) is 11.3. The molecule has 2 aromatic carbocycles. The molecule has 2 rings (SSSR count). The van der Waals surface area contributed by atoms with Crippen LogP contribution in [0.5, 0.6) is 11.5 Å². The average molecular weight is 276 g/mol. The minimum Gasteiger partial charge on any atom is -0.490 e. The van der Waals surface area contributed by atoms with E-state index in [0.717, 1.165) is 11.1 Å². The summed E-state index contributed by atoms with van der Waals surface area (Å²) >= 11 is 0. The maximum absolute atomic E-state index is 12.8. The van der Waals surface area contributed by atoms with E-state index in [2.05, 4.69) is 0 Å². The van der Waals surface area contributed by atoms with Crippen LogP contribution in [0.1, 0.15) is 18.1 Å². The average Bonchev–Trinajstić information content (AvgIpc) is 2.48. The summed E-state index contributed by atoms with van der Waals surface area (Å²) in [6.07, 6.45) is 0. The van der Waals surface area contributed by atoms with Crippen molar-refractivity contribution in [1.82, 2.24) is 0 Å². The Morgan fingerprint density at radius 2 is 1.65 bits per heavy atom. The van der Waals surface area contributed by atoms with Gasteiger partial charge in [0.05, 0.1) is 13.2 Å². The third-order valence-corrected chi connectivity index (χ3v) is 2.80. The highest BCUT2D eigenvalue weighted by Gasteiger charge is 2.06. The third kappa shape index (κ3) is 3.71. The van der Waals surface area contributed by atoms with Crippen LogP contribution in [0.25, 0.3) is 0 Å². The van der Waals surface area contributed by atoms with Gasteiger partial charge in [0.1, 0.15) is 12.4 Å². The van der Waals surface area contributed by atoms with Gasteiger partial charge in [-0.2, -0.15) is 0 Å². The van der Waals surface area contributed by atoms with Crippen molar-refractivity contribution in [2.24, 2.45) is 0 Å². The highest BCUT2D eigenvalue weighted by molar-refractivity contribution is 5.43. The number of ether oxygens (including phenoxy) is 2. The first kappa shape index (κ1) is 14.3. The van der Waals surface area contributed by atoms with Crippen molar-refractivity contribution in [2.75, 3.05) is 6.61 Å². The van der Waals surface area contributed by atoms with Gasteiger partial charge in [-0.05, 0) is 42.3 Å². The highest BCUT2D eigenvalue weighted by Crippen LogP contribution is 2.29. The summed E-state index contributed by atoms with van der Waals surface area (Å²) in [5.41, 5.74) is 1.64. The van der Waals surface area contributed by atoms with E-state index in [0.29, 0.717) is 24.7 Å². The Kier molecular flexibility index (Phi) is 4.96. The number of hydrogen-bond acceptors (Lipinski definition) is 3. The van der Waals surface area contributed by atoms with Crippen LogP contribution < -0.4 is 9.47 Å². The molecule has 0 atom stereocenters. The molecule has 1 N–H and O–H groups in total. The summed E-state index contributed by atoms with van der Waals surface area (Å²) in [4.78, 5) is 0. The van der Waals surface area contributed by atoms with Gasteiger partial charge in [0.2, 0.25) is 0 Å². The van der Waals surface area contributed by atoms with E-state index in [1.165, 1.54) is 12.1 Å². The molecule has 0 heterocycles. The Bertz CT molecular complexity index is 552. The van der Waals surface area contributed by atoms with Crippen molar-refractivity contribution in [3.63, 3.8) is 0 Å². The van der Waals surface area contributed by atoms with Crippen LogP contribution in [-0.2, 0) is 13.2 Å². The molecule has 0 aliphatic heterocycles. The maximum Gasteiger partial charge on any atom is 0.161 e. The number of aliphatic hydroxyl groups is 1. The van der Waals surface area contributed by atoms with Crippen LogP contribution in [0.3, 0.4) is 0 Å². The molecule has 0 amide bonds. The van der Waals surface area contributed by atoms with Crippen molar-refractivity contribution in [3.8, 4) is 11.5 Å². The van der Waals surface area contributed by atoms with Gasteiger partial charge >= 0.3 is 0 Å². The van der Waals surface area contributed by atoms with Crippen LogP contribution in [0, 0.1) is 5.82 Å². The summed E-state index contributed by atoms with van der Waals surface area (Å²) < 4.78 is 24.0. The Hall–Kier alpha value is -2.07. The van der Waals surface area contributed by atoms with Crippen molar-refractivity contribution in [2.45, 2.75) is 20.1 Å². The van der Waals surface area contributed by atoms with Crippen LogP contribution >= 0.6 is 0 Å². The van der Waals surface area contributed by atoms with E-state index >= 15 is 0 Å². The first-order chi connectivity index (χ1) is 9.72. The molecule has 0 unspecified atom stereocenters. The van der Waals surface area contributed by atoms with E-state index in [-0.39, 0.29) is 12.4 Å². The van der Waals surface area contributed by atoms with Crippen molar-refractivity contribution < 1.29 is 19.0 Å². The molecule has 0 aliphatic rings. The molecule has 0 fully saturated rings. The first-order valence-corrected chi connectivity index (χ1v) is 6.46. The molecule has 0 saturated carbocycles. The predicted molar refractivity (Wildman–Crippen MR) is 74.3 cm³/mol. The van der Waals surface area contributed by atoms with Gasteiger partial charge in [-0.1, -0.05) is 18.2 Å². The normalized spacial score (nSPS) is 10.3. The lowest BCUT2D eigenvalue weighted by atomic mass is 10.2. The van der Waals surface area contributed by atoms with Gasteiger partial charge in [-0.25, -0.2) is 4.39 Å². The van der Waals surface area contributed by atoms with E-state index < -0.39 is 0 Å². The van der Waals surface area contributed by atoms with E-state index in [4.69, 9.17) is 14.6 Å². The van der Waals surface area contributed by atoms with Crippen LogP contribution in [0.2, 0.25) is 0 Å². The first-order valence-electron chi connectivity index (χ1n) is 6.46. The molecule has 106 valence electrons. The SMILES string of the molecule is CCOc1cc(CO)ccc1OCc1ccc(F)cc1. The molecule has 0 aromatic heterocycles. The highest BCUT2D eigenvalue weighted by atomic mass is 19.1. The lowest BCUT2D eigenvalue weighted by molar-refractivity contribution is 0.263. The van der Waals surface area contributed by atoms with Crippen LogP contribution in [-0.4, -0.2) is 11.7 Å². The number of hydrogen-bond donors (Lipinski definition) is 1. The number of aliphatic hydroxyl groups excluding tert-OH is 1. The molecule has 2 aromatic rings. The van der Waals surface area contributed by atoms with Crippen molar-refractivity contribution in [3.05, 3.63) is 59.4 Å². The molecule has 3 nitrogen and oxygen atoms in total. The third-order valence-electron chi connectivity index (χ3n) is 2.80. The van der Waals surface area contributed by atoms with Gasteiger partial charge in [0.15, 0.2) is 11.5 Å². The second-order valence-corrected chi connectivity index (χ2v) is 4.29. The Morgan fingerprint density at radius 1 is 0.950 bits per heavy atom. The van der Waals surface area contributed by atoms with E-state index in [9.17, 15) is 4.39 Å². The topological polar surface area (TPSA) is 38.7 Å². The van der Waals surface area contributed by atoms with Gasteiger partial charge in [-0.3, -0.25) is 0 Å². The second kappa shape index (κ2) is 6.91. The fourth-order valence-corrected chi connectivity index (χ4v) is 1.78. The van der Waals surface area contributed by atoms with E-state index in [1.807, 2.05) is 6.92 Å². The largest absolute Gasteiger partial charge is 0.490 e. The Labute approximate surface area is 117 Å². The summed E-state index contributed by atoms with van der Waals surface area (Å²) in [6.45, 7) is 2.69. The fourth-order valence-electron chi connectivity index (χ4n) is 1.78. The van der Waals surface area contributed by atoms with Gasteiger partial charge in [0, 0.05) is 0 Å². The summed E-state index contributed by atoms with van der Waals surface area (Å²) in [7, 11) is 0.